The average molecular weight is 764 g/mol. The van der Waals surface area contributed by atoms with Gasteiger partial charge in [0.1, 0.15) is 18.3 Å². The summed E-state index contributed by atoms with van der Waals surface area (Å²) in [6, 6.07) is -2.93. The van der Waals surface area contributed by atoms with Gasteiger partial charge in [-0.3, -0.25) is 24.5 Å². The summed E-state index contributed by atoms with van der Waals surface area (Å²) in [5, 5.41) is 30.5. The van der Waals surface area contributed by atoms with Crippen molar-refractivity contribution in [3.63, 3.8) is 0 Å². The molecule has 54 heavy (non-hydrogen) atoms. The Hall–Kier alpha value is -2.58. The van der Waals surface area contributed by atoms with Crippen molar-refractivity contribution in [3.05, 3.63) is 12.2 Å². The molecular formula is C41H73N5O8. The molecule has 0 bridgehead atoms. The Morgan fingerprint density at radius 2 is 1.65 bits per heavy atom. The van der Waals surface area contributed by atoms with E-state index in [2.05, 4.69) is 28.1 Å². The predicted molar refractivity (Wildman–Crippen MR) is 209 cm³/mol. The van der Waals surface area contributed by atoms with Crippen LogP contribution in [0, 0.1) is 41.4 Å². The van der Waals surface area contributed by atoms with Crippen LogP contribution in [0.5, 0.6) is 0 Å². The summed E-state index contributed by atoms with van der Waals surface area (Å²) in [4.78, 5) is 57.4. The highest BCUT2D eigenvalue weighted by atomic mass is 16.5. The molecule has 3 amide bonds. The fourth-order valence-electron chi connectivity index (χ4n) is 8.98. The predicted octanol–water partition coefficient (Wildman–Crippen LogP) is 3.65. The van der Waals surface area contributed by atoms with Gasteiger partial charge in [0.2, 0.25) is 17.7 Å². The van der Waals surface area contributed by atoms with Gasteiger partial charge in [0.15, 0.2) is 0 Å². The van der Waals surface area contributed by atoms with E-state index in [1.807, 2.05) is 48.5 Å². The maximum Gasteiger partial charge on any atom is 0.320 e. The quantitative estimate of drug-likeness (QED) is 0.0811. The third kappa shape index (κ3) is 11.7. The normalized spacial score (nSPS) is 26.1. The molecular weight excluding hydrogens is 690 g/mol. The zero-order chi connectivity index (χ0) is 40.4. The monoisotopic (exact) mass is 764 g/mol. The van der Waals surface area contributed by atoms with E-state index in [-0.39, 0.29) is 53.9 Å². The van der Waals surface area contributed by atoms with Crippen molar-refractivity contribution < 1.29 is 38.9 Å². The molecule has 0 radical (unpaired) electrons. The molecule has 13 atom stereocenters. The van der Waals surface area contributed by atoms with Crippen molar-refractivity contribution in [1.29, 1.82) is 0 Å². The number of carboxylic acid groups (broad SMARTS) is 1. The number of hydrogen-bond donors (Lipinski definition) is 5. The largest absolute Gasteiger partial charge is 0.480 e. The third-order valence-electron chi connectivity index (χ3n) is 12.6. The number of carbonyl (C=O) groups excluding carboxylic acids is 3. The summed E-state index contributed by atoms with van der Waals surface area (Å²) in [5.74, 6) is -0.768. The number of ether oxygens (including phenoxy) is 2. The maximum atomic E-state index is 14.2. The minimum atomic E-state index is -1.17. The van der Waals surface area contributed by atoms with E-state index < -0.39 is 54.5 Å². The Bertz CT molecular complexity index is 1260. The maximum absolute atomic E-state index is 14.2. The van der Waals surface area contributed by atoms with E-state index in [1.54, 1.807) is 38.1 Å². The number of rotatable bonds is 22. The number of carboxylic acids is 1. The molecule has 1 saturated carbocycles. The number of nitrogens with one attached hydrogen (secondary N) is 3. The van der Waals surface area contributed by atoms with Crippen LogP contribution in [-0.2, 0) is 28.7 Å². The van der Waals surface area contributed by atoms with Crippen LogP contribution >= 0.6 is 0 Å². The van der Waals surface area contributed by atoms with Gasteiger partial charge in [-0.1, -0.05) is 67.0 Å². The van der Waals surface area contributed by atoms with Crippen molar-refractivity contribution in [2.75, 3.05) is 34.9 Å². The lowest BCUT2D eigenvalue weighted by molar-refractivity contribution is -0.148. The average Bonchev–Trinajstić information content (AvgIpc) is 3.73. The Balaban J connectivity index is 1.74. The van der Waals surface area contributed by atoms with E-state index in [0.29, 0.717) is 25.3 Å². The van der Waals surface area contributed by atoms with Gasteiger partial charge in [0.25, 0.3) is 0 Å². The van der Waals surface area contributed by atoms with Crippen molar-refractivity contribution >= 4 is 23.7 Å². The first-order valence-corrected chi connectivity index (χ1v) is 20.4. The number of nitrogens with zero attached hydrogens (tertiary/aromatic N) is 2. The van der Waals surface area contributed by atoms with Gasteiger partial charge >= 0.3 is 5.97 Å². The number of likely N-dealkylation sites (tertiary alicyclic amines) is 1. The molecule has 13 nitrogen and oxygen atoms in total. The second kappa shape index (κ2) is 21.1. The third-order valence-corrected chi connectivity index (χ3v) is 12.6. The molecule has 5 unspecified atom stereocenters. The Kier molecular flexibility index (Phi) is 17.9. The summed E-state index contributed by atoms with van der Waals surface area (Å²) in [5.41, 5.74) is 0. The number of aliphatic hydroxyl groups is 1. The van der Waals surface area contributed by atoms with Gasteiger partial charge in [0, 0.05) is 33.7 Å². The Morgan fingerprint density at radius 1 is 0.981 bits per heavy atom. The summed E-state index contributed by atoms with van der Waals surface area (Å²) >= 11 is 0. The van der Waals surface area contributed by atoms with Crippen molar-refractivity contribution in [1.82, 2.24) is 25.8 Å². The fraction of sp³-hybridized carbons (Fsp3) is 0.854. The SMILES string of the molecule is CC[C@H](C)C([C@@H](CC(=O)N1CCC[C@H]1[C@H](OC)[C@@H](C)C(O)N[C@H](CC1C=CCC2CC2C1)C(=O)O)OC)N(C)C(=O)[C@H](NC(=O)[C@@H](NC)C(C)C)C(C)C. The van der Waals surface area contributed by atoms with Crippen LogP contribution in [-0.4, -0.2) is 127 Å². The highest BCUT2D eigenvalue weighted by Gasteiger charge is 2.44. The second-order valence-electron chi connectivity index (χ2n) is 17.1. The van der Waals surface area contributed by atoms with Gasteiger partial charge in [-0.15, -0.1) is 0 Å². The molecule has 1 saturated heterocycles. The van der Waals surface area contributed by atoms with Crippen LogP contribution in [0.1, 0.15) is 99.8 Å². The topological polar surface area (TPSA) is 170 Å². The standard InChI is InChI=1S/C41H73N5O8/c1-12-25(6)36(45(9)40(50)35(24(4)5)44-39(49)34(42-8)23(2)3)32(53-10)22-33(47)46-18-14-17-31(46)37(54-11)26(7)38(48)43-30(41(51)52)20-27-15-13-16-28-21-29(28)19-27/h13,15,23-32,34-38,42-43,48H,12,14,16-22H2,1-11H3,(H,44,49)(H,51,52)/t25-,26+,27?,28?,29?,30+,31-,32+,34-,35+,36?,37+,38?/m0/s1. The molecule has 310 valence electrons. The van der Waals surface area contributed by atoms with Crippen LogP contribution in [0.4, 0.5) is 0 Å². The molecule has 2 fully saturated rings. The number of hydrogen-bond acceptors (Lipinski definition) is 9. The van der Waals surface area contributed by atoms with E-state index >= 15 is 0 Å². The van der Waals surface area contributed by atoms with E-state index in [0.717, 1.165) is 31.6 Å². The minimum Gasteiger partial charge on any atom is -0.480 e. The van der Waals surface area contributed by atoms with Crippen LogP contribution in [0.25, 0.3) is 0 Å². The number of aliphatic carboxylic acids is 1. The van der Waals surface area contributed by atoms with Gasteiger partial charge in [-0.25, -0.2) is 0 Å². The molecule has 0 spiro atoms. The fourth-order valence-corrected chi connectivity index (χ4v) is 8.98. The number of amides is 3. The highest BCUT2D eigenvalue weighted by Crippen LogP contribution is 2.48. The van der Waals surface area contributed by atoms with Crippen LogP contribution in [0.3, 0.4) is 0 Å². The number of carbonyl (C=O) groups is 4. The molecule has 0 aromatic carbocycles. The van der Waals surface area contributed by atoms with Crippen molar-refractivity contribution in [3.8, 4) is 0 Å². The zero-order valence-corrected chi connectivity index (χ0v) is 34.9. The van der Waals surface area contributed by atoms with Gasteiger partial charge in [0.05, 0.1) is 36.8 Å². The Labute approximate surface area is 324 Å². The van der Waals surface area contributed by atoms with Crippen molar-refractivity contribution in [2.24, 2.45) is 41.4 Å². The lowest BCUT2D eigenvalue weighted by Gasteiger charge is -2.41. The number of aliphatic hydroxyl groups excluding tert-OH is 1. The molecule has 13 heteroatoms. The molecule has 0 aromatic heterocycles. The van der Waals surface area contributed by atoms with Crippen LogP contribution < -0.4 is 16.0 Å². The zero-order valence-electron chi connectivity index (χ0n) is 34.9. The van der Waals surface area contributed by atoms with E-state index in [4.69, 9.17) is 9.47 Å². The van der Waals surface area contributed by atoms with Crippen LogP contribution in [0.15, 0.2) is 12.2 Å². The molecule has 1 heterocycles. The molecule has 5 N–H and O–H groups in total. The number of allylic oxidation sites excluding steroid dienone is 2. The van der Waals surface area contributed by atoms with Crippen LogP contribution in [0.2, 0.25) is 0 Å². The Morgan fingerprint density at radius 3 is 2.20 bits per heavy atom. The molecule has 2 aliphatic carbocycles. The second-order valence-corrected chi connectivity index (χ2v) is 17.1. The first-order valence-electron chi connectivity index (χ1n) is 20.4. The first kappa shape index (κ1) is 45.8. The highest BCUT2D eigenvalue weighted by molar-refractivity contribution is 5.90. The number of fused-ring (bicyclic) bond motifs is 1. The van der Waals surface area contributed by atoms with E-state index in [1.165, 1.54) is 6.42 Å². The van der Waals surface area contributed by atoms with Gasteiger partial charge < -0.3 is 40.1 Å². The first-order chi connectivity index (χ1) is 25.5. The number of likely N-dealkylation sites (N-methyl/N-ethyl adjacent to an activating group) is 2. The summed E-state index contributed by atoms with van der Waals surface area (Å²) in [7, 11) is 6.58. The molecule has 3 rings (SSSR count). The number of methoxy groups -OCH3 is 2. The minimum absolute atomic E-state index is 0.0235. The summed E-state index contributed by atoms with van der Waals surface area (Å²) in [6.07, 6.45) is 7.80. The van der Waals surface area contributed by atoms with Crippen molar-refractivity contribution in [2.45, 2.75) is 148 Å². The van der Waals surface area contributed by atoms with E-state index in [9.17, 15) is 29.4 Å². The van der Waals surface area contributed by atoms with Gasteiger partial charge in [-0.05, 0) is 81.1 Å². The lowest BCUT2D eigenvalue weighted by Crippen LogP contribution is -2.59. The smallest absolute Gasteiger partial charge is 0.320 e. The summed E-state index contributed by atoms with van der Waals surface area (Å²) in [6.45, 7) is 14.1. The molecule has 0 aromatic rings. The molecule has 3 aliphatic rings. The lowest BCUT2D eigenvalue weighted by atomic mass is 9.89. The van der Waals surface area contributed by atoms with Gasteiger partial charge in [-0.2, -0.15) is 0 Å². The molecule has 1 aliphatic heterocycles. The summed E-state index contributed by atoms with van der Waals surface area (Å²) < 4.78 is 12.0.